The van der Waals surface area contributed by atoms with E-state index in [-0.39, 0.29) is 6.42 Å². The Morgan fingerprint density at radius 3 is 2.59 bits per heavy atom. The Hall–Kier alpha value is -2.47. The molecule has 2 N–H and O–H groups in total. The highest BCUT2D eigenvalue weighted by atomic mass is 19.1. The number of primary amides is 1. The molecule has 0 bridgehead atoms. The molecular formula is C11H6F2N3O. The van der Waals surface area contributed by atoms with Crippen LogP contribution < -0.4 is 5.73 Å². The molecule has 0 saturated carbocycles. The van der Waals surface area contributed by atoms with Gasteiger partial charge in [-0.3, -0.25) is 4.79 Å². The fourth-order valence-electron chi connectivity index (χ4n) is 1.32. The first kappa shape index (κ1) is 12.6. The second-order valence-electron chi connectivity index (χ2n) is 3.09. The van der Waals surface area contributed by atoms with Crippen molar-refractivity contribution >= 4 is 5.91 Å². The number of nitrogens with two attached hydrogens (primary N) is 1. The predicted molar refractivity (Wildman–Crippen MR) is 53.2 cm³/mol. The highest BCUT2D eigenvalue weighted by Crippen LogP contribution is 2.21. The molecule has 85 valence electrons. The first-order valence-corrected chi connectivity index (χ1v) is 4.45. The Balaban J connectivity index is 3.46. The standard InChI is InChI=1S/C11H6F2N3O/c12-8-4-6(5-15)9(11(16)17)10(13)7(8)2-1-3-14/h1,4H,2H2,(H2,16,17). The zero-order chi connectivity index (χ0) is 13.0. The topological polar surface area (TPSA) is 90.7 Å². The van der Waals surface area contributed by atoms with Crippen LogP contribution in [0.4, 0.5) is 8.78 Å². The highest BCUT2D eigenvalue weighted by Gasteiger charge is 2.21. The number of carbonyl (C=O) groups excluding carboxylic acids is 1. The molecule has 0 atom stereocenters. The molecule has 0 saturated heterocycles. The lowest BCUT2D eigenvalue weighted by Crippen LogP contribution is -2.17. The summed E-state index contributed by atoms with van der Waals surface area (Å²) < 4.78 is 27.1. The van der Waals surface area contributed by atoms with Gasteiger partial charge in [0.2, 0.25) is 0 Å². The van der Waals surface area contributed by atoms with Gasteiger partial charge in [-0.25, -0.2) is 8.78 Å². The molecule has 1 rings (SSSR count). The second-order valence-corrected chi connectivity index (χ2v) is 3.09. The molecule has 0 spiro atoms. The molecule has 4 nitrogen and oxygen atoms in total. The maximum absolute atomic E-state index is 13.7. The van der Waals surface area contributed by atoms with Gasteiger partial charge in [0.05, 0.1) is 23.6 Å². The van der Waals surface area contributed by atoms with E-state index >= 15 is 0 Å². The monoisotopic (exact) mass is 234 g/mol. The van der Waals surface area contributed by atoms with Crippen molar-refractivity contribution in [3.63, 3.8) is 0 Å². The molecule has 0 aliphatic rings. The van der Waals surface area contributed by atoms with Crippen LogP contribution in [0.1, 0.15) is 21.5 Å². The lowest BCUT2D eigenvalue weighted by molar-refractivity contribution is 0.0996. The summed E-state index contributed by atoms with van der Waals surface area (Å²) in [6.45, 7) is 0. The third kappa shape index (κ3) is 2.37. The Morgan fingerprint density at radius 2 is 2.12 bits per heavy atom. The predicted octanol–water partition coefficient (Wildman–Crippen LogP) is 1.21. The van der Waals surface area contributed by atoms with Crippen molar-refractivity contribution in [1.29, 1.82) is 10.5 Å². The van der Waals surface area contributed by atoms with Crippen molar-refractivity contribution in [1.82, 2.24) is 0 Å². The molecule has 0 heterocycles. The normalized spacial score (nSPS) is 9.41. The number of hydrogen-bond acceptors (Lipinski definition) is 3. The van der Waals surface area contributed by atoms with Crippen LogP contribution in [0.3, 0.4) is 0 Å². The van der Waals surface area contributed by atoms with E-state index in [9.17, 15) is 13.6 Å². The zero-order valence-corrected chi connectivity index (χ0v) is 8.50. The van der Waals surface area contributed by atoms with Crippen LogP contribution in [0, 0.1) is 40.7 Å². The van der Waals surface area contributed by atoms with E-state index in [0.29, 0.717) is 0 Å². The number of amides is 1. The van der Waals surface area contributed by atoms with Gasteiger partial charge in [0.25, 0.3) is 5.91 Å². The third-order valence-corrected chi connectivity index (χ3v) is 2.08. The van der Waals surface area contributed by atoms with E-state index in [1.165, 1.54) is 6.07 Å². The Kier molecular flexibility index (Phi) is 3.74. The lowest BCUT2D eigenvalue weighted by atomic mass is 9.99. The first-order chi connectivity index (χ1) is 8.02. The number of rotatable bonds is 3. The SMILES string of the molecule is N#C[CH]Cc1c(F)cc(C#N)c(C(N)=O)c1F. The minimum atomic E-state index is -1.19. The number of halogens is 2. The molecular weight excluding hydrogens is 228 g/mol. The molecule has 0 aliphatic carbocycles. The summed E-state index contributed by atoms with van der Waals surface area (Å²) in [6.07, 6.45) is 0.665. The van der Waals surface area contributed by atoms with E-state index in [4.69, 9.17) is 16.3 Å². The smallest absolute Gasteiger partial charge is 0.253 e. The summed E-state index contributed by atoms with van der Waals surface area (Å²) in [6, 6.07) is 3.82. The minimum absolute atomic E-state index is 0.305. The summed E-state index contributed by atoms with van der Waals surface area (Å²) in [5, 5.41) is 16.9. The van der Waals surface area contributed by atoms with Crippen LogP contribution in [0.2, 0.25) is 0 Å². The van der Waals surface area contributed by atoms with Crippen molar-refractivity contribution in [3.8, 4) is 12.1 Å². The third-order valence-electron chi connectivity index (χ3n) is 2.08. The summed E-state index contributed by atoms with van der Waals surface area (Å²) in [4.78, 5) is 11.0. The Morgan fingerprint density at radius 1 is 1.47 bits per heavy atom. The van der Waals surface area contributed by atoms with Gasteiger partial charge in [-0.15, -0.1) is 0 Å². The average molecular weight is 234 g/mol. The molecule has 0 aliphatic heterocycles. The van der Waals surface area contributed by atoms with Gasteiger partial charge in [-0.1, -0.05) is 0 Å². The van der Waals surface area contributed by atoms with Crippen molar-refractivity contribution < 1.29 is 13.6 Å². The Labute approximate surface area is 95.9 Å². The van der Waals surface area contributed by atoms with Crippen LogP contribution in [-0.2, 0) is 6.42 Å². The van der Waals surface area contributed by atoms with Crippen LogP contribution in [0.25, 0.3) is 0 Å². The van der Waals surface area contributed by atoms with Crippen LogP contribution in [0.5, 0.6) is 0 Å². The number of nitriles is 2. The van der Waals surface area contributed by atoms with Gasteiger partial charge in [0.1, 0.15) is 17.7 Å². The van der Waals surface area contributed by atoms with Crippen LogP contribution in [0.15, 0.2) is 6.07 Å². The van der Waals surface area contributed by atoms with Gasteiger partial charge in [-0.05, 0) is 12.5 Å². The van der Waals surface area contributed by atoms with E-state index in [1.807, 2.05) is 0 Å². The number of carbonyl (C=O) groups is 1. The van der Waals surface area contributed by atoms with Gasteiger partial charge < -0.3 is 5.73 Å². The summed E-state index contributed by atoms with van der Waals surface area (Å²) >= 11 is 0. The summed E-state index contributed by atoms with van der Waals surface area (Å²) in [5.41, 5.74) is 3.33. The minimum Gasteiger partial charge on any atom is -0.365 e. The molecule has 1 radical (unpaired) electrons. The van der Waals surface area contributed by atoms with Gasteiger partial charge >= 0.3 is 0 Å². The van der Waals surface area contributed by atoms with Gasteiger partial charge in [-0.2, -0.15) is 10.5 Å². The van der Waals surface area contributed by atoms with Gasteiger partial charge in [0.15, 0.2) is 0 Å². The highest BCUT2D eigenvalue weighted by molar-refractivity contribution is 5.95. The van der Waals surface area contributed by atoms with E-state index in [2.05, 4.69) is 0 Å². The second kappa shape index (κ2) is 5.04. The molecule has 17 heavy (non-hydrogen) atoms. The fourth-order valence-corrected chi connectivity index (χ4v) is 1.32. The number of nitrogens with zero attached hydrogens (tertiary/aromatic N) is 2. The van der Waals surface area contributed by atoms with Crippen LogP contribution in [-0.4, -0.2) is 5.91 Å². The van der Waals surface area contributed by atoms with Crippen molar-refractivity contribution in [2.24, 2.45) is 5.73 Å². The molecule has 0 fully saturated rings. The van der Waals surface area contributed by atoms with Crippen LogP contribution >= 0.6 is 0 Å². The van der Waals surface area contributed by atoms with Crippen molar-refractivity contribution in [3.05, 3.63) is 40.8 Å². The summed E-state index contributed by atoms with van der Waals surface area (Å²) in [5.74, 6) is -3.34. The lowest BCUT2D eigenvalue weighted by Gasteiger charge is -2.07. The quantitative estimate of drug-likeness (QED) is 0.851. The largest absolute Gasteiger partial charge is 0.365 e. The molecule has 1 aromatic carbocycles. The molecule has 6 heteroatoms. The molecule has 1 aromatic rings. The van der Waals surface area contributed by atoms with E-state index in [0.717, 1.165) is 12.5 Å². The fraction of sp³-hybridized carbons (Fsp3) is 0.0909. The van der Waals surface area contributed by atoms with E-state index in [1.54, 1.807) is 6.07 Å². The number of benzene rings is 1. The van der Waals surface area contributed by atoms with Crippen molar-refractivity contribution in [2.45, 2.75) is 6.42 Å². The summed E-state index contributed by atoms with van der Waals surface area (Å²) in [7, 11) is 0. The number of hydrogen-bond donors (Lipinski definition) is 1. The van der Waals surface area contributed by atoms with Crippen molar-refractivity contribution in [2.75, 3.05) is 0 Å². The zero-order valence-electron chi connectivity index (χ0n) is 8.50. The first-order valence-electron chi connectivity index (χ1n) is 4.45. The molecule has 0 aromatic heterocycles. The molecule has 1 amide bonds. The Bertz CT molecular complexity index is 555. The van der Waals surface area contributed by atoms with E-state index < -0.39 is 34.2 Å². The maximum Gasteiger partial charge on any atom is 0.253 e. The maximum atomic E-state index is 13.7. The average Bonchev–Trinajstić information content (AvgIpc) is 2.27. The van der Waals surface area contributed by atoms with Gasteiger partial charge in [0, 0.05) is 5.56 Å². The molecule has 0 unspecified atom stereocenters.